The summed E-state index contributed by atoms with van der Waals surface area (Å²) in [7, 11) is 1.80. The van der Waals surface area contributed by atoms with Gasteiger partial charge in [-0.15, -0.1) is 0 Å². The predicted molar refractivity (Wildman–Crippen MR) is 77.8 cm³/mol. The average molecular weight is 246 g/mol. The van der Waals surface area contributed by atoms with Gasteiger partial charge in [-0.25, -0.2) is 0 Å². The van der Waals surface area contributed by atoms with E-state index in [0.717, 1.165) is 16.8 Å². The lowest BCUT2D eigenvalue weighted by atomic mass is 10.1. The number of hydrogen-bond acceptors (Lipinski definition) is 2. The Morgan fingerprint density at radius 3 is 2.33 bits per heavy atom. The fourth-order valence-electron chi connectivity index (χ4n) is 1.22. The molecule has 3 heteroatoms. The first kappa shape index (κ1) is 16.0. The van der Waals surface area contributed by atoms with Crippen molar-refractivity contribution in [3.63, 3.8) is 0 Å². The molecule has 0 saturated heterocycles. The topological polar surface area (TPSA) is 55.1 Å². The van der Waals surface area contributed by atoms with Crippen LogP contribution in [0.25, 0.3) is 0 Å². The van der Waals surface area contributed by atoms with Crippen LogP contribution in [-0.2, 0) is 4.79 Å². The summed E-state index contributed by atoms with van der Waals surface area (Å²) in [5.74, 6) is -0.512. The minimum Gasteiger partial charge on any atom is -0.391 e. The molecule has 0 saturated carbocycles. The molecule has 0 heterocycles. The third-order valence-electron chi connectivity index (χ3n) is 2.33. The largest absolute Gasteiger partial charge is 0.391 e. The number of amides is 1. The van der Waals surface area contributed by atoms with Crippen LogP contribution in [0.5, 0.6) is 0 Å². The molecule has 0 aliphatic rings. The van der Waals surface area contributed by atoms with E-state index < -0.39 is 5.91 Å². The highest BCUT2D eigenvalue weighted by molar-refractivity contribution is 5.94. The van der Waals surface area contributed by atoms with Crippen LogP contribution in [0.15, 0.2) is 59.9 Å². The lowest BCUT2D eigenvalue weighted by Gasteiger charge is -2.08. The number of hydrogen-bond donors (Lipinski definition) is 2. The van der Waals surface area contributed by atoms with E-state index in [2.05, 4.69) is 18.5 Å². The zero-order chi connectivity index (χ0) is 14.1. The maximum absolute atomic E-state index is 10.9. The summed E-state index contributed by atoms with van der Waals surface area (Å²) >= 11 is 0. The van der Waals surface area contributed by atoms with Crippen molar-refractivity contribution in [1.82, 2.24) is 5.32 Å². The zero-order valence-corrected chi connectivity index (χ0v) is 11.4. The van der Waals surface area contributed by atoms with Crippen molar-refractivity contribution < 1.29 is 4.79 Å². The summed E-state index contributed by atoms with van der Waals surface area (Å²) in [6, 6.07) is 0. The molecule has 0 radical (unpaired) electrons. The molecule has 0 aromatic heterocycles. The Morgan fingerprint density at radius 2 is 1.94 bits per heavy atom. The molecule has 0 spiro atoms. The Morgan fingerprint density at radius 1 is 1.33 bits per heavy atom. The number of carbonyl (C=O) groups excluding carboxylic acids is 1. The van der Waals surface area contributed by atoms with E-state index in [1.165, 1.54) is 0 Å². The van der Waals surface area contributed by atoms with E-state index in [9.17, 15) is 4.79 Å². The summed E-state index contributed by atoms with van der Waals surface area (Å²) in [6.07, 6.45) is 8.31. The lowest BCUT2D eigenvalue weighted by Crippen LogP contribution is -2.14. The van der Waals surface area contributed by atoms with Gasteiger partial charge in [0.15, 0.2) is 0 Å². The molecule has 1 amide bonds. The third-order valence-corrected chi connectivity index (χ3v) is 2.33. The van der Waals surface area contributed by atoms with Crippen molar-refractivity contribution in [2.75, 3.05) is 7.05 Å². The summed E-state index contributed by atoms with van der Waals surface area (Å²) in [5.41, 5.74) is 8.44. The minimum atomic E-state index is -0.512. The molecule has 18 heavy (non-hydrogen) atoms. The quantitative estimate of drug-likeness (QED) is 0.536. The molecule has 0 unspecified atom stereocenters. The van der Waals surface area contributed by atoms with E-state index in [1.807, 2.05) is 32.1 Å². The van der Waals surface area contributed by atoms with Gasteiger partial charge in [0.25, 0.3) is 0 Å². The molecule has 98 valence electrons. The molecular weight excluding hydrogens is 224 g/mol. The minimum absolute atomic E-state index is 0.290. The highest BCUT2D eigenvalue weighted by Crippen LogP contribution is 2.12. The number of nitrogens with two attached hydrogens (primary N) is 1. The van der Waals surface area contributed by atoms with Crippen LogP contribution in [0, 0.1) is 0 Å². The van der Waals surface area contributed by atoms with Crippen LogP contribution >= 0.6 is 0 Å². The van der Waals surface area contributed by atoms with E-state index in [4.69, 9.17) is 5.73 Å². The van der Waals surface area contributed by atoms with E-state index in [-0.39, 0.29) is 0 Å². The second-order valence-electron chi connectivity index (χ2n) is 4.03. The van der Waals surface area contributed by atoms with Crippen molar-refractivity contribution in [2.24, 2.45) is 5.73 Å². The monoisotopic (exact) mass is 246 g/mol. The van der Waals surface area contributed by atoms with Crippen LogP contribution in [0.4, 0.5) is 0 Å². The Bertz CT molecular complexity index is 426. The highest BCUT2D eigenvalue weighted by Gasteiger charge is 2.02. The predicted octanol–water partition coefficient (Wildman–Crippen LogP) is 2.60. The van der Waals surface area contributed by atoms with Crippen molar-refractivity contribution >= 4 is 5.91 Å². The molecule has 0 aliphatic heterocycles. The molecule has 0 atom stereocenters. The molecule has 0 aromatic carbocycles. The van der Waals surface area contributed by atoms with Gasteiger partial charge in [0, 0.05) is 24.7 Å². The molecular formula is C15H22N2O. The molecule has 0 aliphatic carbocycles. The normalized spacial score (nSPS) is 12.6. The Balaban J connectivity index is 4.86. The summed E-state index contributed by atoms with van der Waals surface area (Å²) < 4.78 is 0. The zero-order valence-electron chi connectivity index (χ0n) is 11.4. The van der Waals surface area contributed by atoms with E-state index in [1.54, 1.807) is 13.1 Å². The van der Waals surface area contributed by atoms with Crippen LogP contribution in [0.1, 0.15) is 20.3 Å². The average Bonchev–Trinajstić information content (AvgIpc) is 2.32. The lowest BCUT2D eigenvalue weighted by molar-refractivity contribution is -0.114. The molecule has 0 bridgehead atoms. The Hall–Kier alpha value is -2.03. The molecule has 3 nitrogen and oxygen atoms in total. The van der Waals surface area contributed by atoms with Gasteiger partial charge in [-0.1, -0.05) is 37.0 Å². The number of carbonyl (C=O) groups is 1. The highest BCUT2D eigenvalue weighted by atomic mass is 16.1. The number of allylic oxidation sites excluding steroid dienone is 5. The maximum atomic E-state index is 10.9. The van der Waals surface area contributed by atoms with Gasteiger partial charge in [-0.05, 0) is 25.5 Å². The fraction of sp³-hybridized carbons (Fsp3) is 0.267. The van der Waals surface area contributed by atoms with Gasteiger partial charge in [-0.2, -0.15) is 0 Å². The SMILES string of the molecule is C=C(C)/C=C\C(=C/C)C/C(=C/C(=C)C(N)=O)NC. The summed E-state index contributed by atoms with van der Waals surface area (Å²) in [4.78, 5) is 10.9. The van der Waals surface area contributed by atoms with Crippen LogP contribution in [0.2, 0.25) is 0 Å². The summed E-state index contributed by atoms with van der Waals surface area (Å²) in [5, 5.41) is 3.04. The van der Waals surface area contributed by atoms with Gasteiger partial charge >= 0.3 is 0 Å². The van der Waals surface area contributed by atoms with Crippen LogP contribution in [-0.4, -0.2) is 13.0 Å². The van der Waals surface area contributed by atoms with Crippen molar-refractivity contribution in [3.05, 3.63) is 59.9 Å². The third kappa shape index (κ3) is 6.53. The maximum Gasteiger partial charge on any atom is 0.248 e. The number of rotatable bonds is 7. The van der Waals surface area contributed by atoms with Gasteiger partial charge < -0.3 is 11.1 Å². The first-order valence-corrected chi connectivity index (χ1v) is 5.76. The Labute approximate surface area is 109 Å². The number of primary amides is 1. The van der Waals surface area contributed by atoms with Crippen molar-refractivity contribution in [2.45, 2.75) is 20.3 Å². The van der Waals surface area contributed by atoms with Crippen molar-refractivity contribution in [1.29, 1.82) is 0 Å². The fourth-order valence-corrected chi connectivity index (χ4v) is 1.22. The molecule has 0 fully saturated rings. The van der Waals surface area contributed by atoms with Crippen molar-refractivity contribution in [3.8, 4) is 0 Å². The van der Waals surface area contributed by atoms with Gasteiger partial charge in [0.2, 0.25) is 5.91 Å². The number of nitrogens with one attached hydrogen (secondary N) is 1. The standard InChI is InChI=1S/C15H22N2O/c1-6-13(8-7-11(2)3)10-14(17-5)9-12(4)15(16)18/h6-9,17H,2,4,10H2,1,3,5H3,(H2,16,18)/b8-7-,13-6+,14-9-. The van der Waals surface area contributed by atoms with Gasteiger partial charge in [0.1, 0.15) is 0 Å². The van der Waals surface area contributed by atoms with Crippen LogP contribution in [0.3, 0.4) is 0 Å². The first-order valence-electron chi connectivity index (χ1n) is 5.76. The van der Waals surface area contributed by atoms with Gasteiger partial charge in [-0.3, -0.25) is 4.79 Å². The smallest absolute Gasteiger partial charge is 0.248 e. The van der Waals surface area contributed by atoms with E-state index >= 15 is 0 Å². The Kier molecular flexibility index (Phi) is 7.20. The second kappa shape index (κ2) is 8.12. The van der Waals surface area contributed by atoms with Crippen LogP contribution < -0.4 is 11.1 Å². The summed E-state index contributed by atoms with van der Waals surface area (Å²) in [6.45, 7) is 11.3. The first-order chi connectivity index (χ1) is 8.40. The molecule has 0 aromatic rings. The second-order valence-corrected chi connectivity index (χ2v) is 4.03. The molecule has 3 N–H and O–H groups in total. The van der Waals surface area contributed by atoms with Gasteiger partial charge in [0.05, 0.1) is 0 Å². The molecule has 0 rings (SSSR count). The van der Waals surface area contributed by atoms with E-state index in [0.29, 0.717) is 12.0 Å².